The van der Waals surface area contributed by atoms with Crippen LogP contribution in [-0.4, -0.2) is 28.3 Å². The van der Waals surface area contributed by atoms with Crippen LogP contribution in [0.1, 0.15) is 25.0 Å². The largest absolute Gasteiger partial charge is 0.319 e. The number of carbonyl (C=O) groups is 1. The zero-order valence-corrected chi connectivity index (χ0v) is 14.7. The number of carbonyl (C=O) groups excluding carboxylic acids is 1. The number of nitrogens with zero attached hydrogens (tertiary/aromatic N) is 3. The Morgan fingerprint density at radius 3 is 2.46 bits per heavy atom. The van der Waals surface area contributed by atoms with E-state index in [9.17, 15) is 14.9 Å². The lowest BCUT2D eigenvalue weighted by atomic mass is 10.1. The van der Waals surface area contributed by atoms with Crippen molar-refractivity contribution >= 4 is 17.3 Å². The number of hydrogen-bond acceptors (Lipinski definition) is 5. The molecule has 0 saturated heterocycles. The van der Waals surface area contributed by atoms with Crippen LogP contribution in [0.5, 0.6) is 0 Å². The van der Waals surface area contributed by atoms with Crippen molar-refractivity contribution in [2.24, 2.45) is 0 Å². The quantitative estimate of drug-likeness (QED) is 0.609. The van der Waals surface area contributed by atoms with Crippen LogP contribution in [0.4, 0.5) is 11.4 Å². The molecule has 0 fully saturated rings. The van der Waals surface area contributed by atoms with Gasteiger partial charge < -0.3 is 5.32 Å². The second-order valence-electron chi connectivity index (χ2n) is 6.13. The van der Waals surface area contributed by atoms with E-state index in [0.717, 1.165) is 5.56 Å². The van der Waals surface area contributed by atoms with Crippen molar-refractivity contribution in [3.8, 4) is 6.07 Å². The van der Waals surface area contributed by atoms with Gasteiger partial charge in [-0.1, -0.05) is 24.3 Å². The number of benzene rings is 2. The van der Waals surface area contributed by atoms with Crippen LogP contribution in [0, 0.1) is 21.4 Å². The molecule has 2 aromatic carbocycles. The molecule has 0 saturated carbocycles. The average Bonchev–Trinajstić information content (AvgIpc) is 2.62. The third-order valence-electron chi connectivity index (χ3n) is 3.92. The van der Waals surface area contributed by atoms with E-state index < -0.39 is 4.92 Å². The van der Waals surface area contributed by atoms with Crippen molar-refractivity contribution in [2.75, 3.05) is 11.9 Å². The summed E-state index contributed by atoms with van der Waals surface area (Å²) in [6, 6.07) is 15.4. The molecule has 0 aliphatic heterocycles. The summed E-state index contributed by atoms with van der Waals surface area (Å²) < 4.78 is 0. The molecule has 0 aliphatic rings. The van der Waals surface area contributed by atoms with Crippen LogP contribution in [0.25, 0.3) is 0 Å². The highest BCUT2D eigenvalue weighted by molar-refractivity contribution is 5.94. The van der Waals surface area contributed by atoms with Gasteiger partial charge in [-0.15, -0.1) is 0 Å². The Balaban J connectivity index is 2.06. The van der Waals surface area contributed by atoms with Gasteiger partial charge in [-0.3, -0.25) is 19.8 Å². The van der Waals surface area contributed by atoms with E-state index in [-0.39, 0.29) is 29.9 Å². The molecular weight excluding hydrogens is 332 g/mol. The van der Waals surface area contributed by atoms with Crippen molar-refractivity contribution in [3.05, 3.63) is 69.8 Å². The summed E-state index contributed by atoms with van der Waals surface area (Å²) >= 11 is 0. The Hall–Kier alpha value is -3.24. The lowest BCUT2D eigenvalue weighted by Gasteiger charge is -2.26. The van der Waals surface area contributed by atoms with Crippen LogP contribution in [0.15, 0.2) is 48.5 Å². The first-order valence-electron chi connectivity index (χ1n) is 8.17. The van der Waals surface area contributed by atoms with Crippen molar-refractivity contribution in [2.45, 2.75) is 26.4 Å². The van der Waals surface area contributed by atoms with Crippen molar-refractivity contribution < 1.29 is 9.72 Å². The van der Waals surface area contributed by atoms with E-state index in [0.29, 0.717) is 12.1 Å². The summed E-state index contributed by atoms with van der Waals surface area (Å²) in [5, 5.41) is 22.5. The van der Waals surface area contributed by atoms with Gasteiger partial charge in [0.15, 0.2) is 0 Å². The number of rotatable bonds is 7. The molecule has 134 valence electrons. The Morgan fingerprint density at radius 2 is 1.88 bits per heavy atom. The monoisotopic (exact) mass is 352 g/mol. The van der Waals surface area contributed by atoms with Gasteiger partial charge in [0, 0.05) is 18.7 Å². The molecule has 2 rings (SSSR count). The lowest BCUT2D eigenvalue weighted by molar-refractivity contribution is -0.383. The predicted molar refractivity (Wildman–Crippen MR) is 98.4 cm³/mol. The summed E-state index contributed by atoms with van der Waals surface area (Å²) in [4.78, 5) is 24.9. The highest BCUT2D eigenvalue weighted by Gasteiger charge is 2.18. The summed E-state index contributed by atoms with van der Waals surface area (Å²) in [6.45, 7) is 4.58. The SMILES string of the molecule is CC(C)N(CC(=O)Nc1ccccc1[N+](=O)[O-])Cc1ccc(C#N)cc1. The minimum atomic E-state index is -0.521. The van der Waals surface area contributed by atoms with E-state index in [1.54, 1.807) is 24.3 Å². The summed E-state index contributed by atoms with van der Waals surface area (Å²) in [6.07, 6.45) is 0. The van der Waals surface area contributed by atoms with Crippen LogP contribution in [0.3, 0.4) is 0 Å². The molecular formula is C19H20N4O3. The van der Waals surface area contributed by atoms with Crippen LogP contribution in [-0.2, 0) is 11.3 Å². The molecule has 7 heteroatoms. The van der Waals surface area contributed by atoms with Gasteiger partial charge >= 0.3 is 0 Å². The maximum Gasteiger partial charge on any atom is 0.292 e. The Morgan fingerprint density at radius 1 is 1.23 bits per heavy atom. The molecule has 0 aliphatic carbocycles. The van der Waals surface area contributed by atoms with Crippen LogP contribution in [0.2, 0.25) is 0 Å². The smallest absolute Gasteiger partial charge is 0.292 e. The molecule has 1 amide bonds. The van der Waals surface area contributed by atoms with E-state index in [2.05, 4.69) is 11.4 Å². The van der Waals surface area contributed by atoms with E-state index in [1.165, 1.54) is 12.1 Å². The van der Waals surface area contributed by atoms with Crippen molar-refractivity contribution in [1.29, 1.82) is 5.26 Å². The highest BCUT2D eigenvalue weighted by atomic mass is 16.6. The zero-order valence-electron chi connectivity index (χ0n) is 14.7. The third kappa shape index (κ3) is 5.13. The van der Waals surface area contributed by atoms with Gasteiger partial charge in [0.2, 0.25) is 5.91 Å². The standard InChI is InChI=1S/C19H20N4O3/c1-14(2)22(12-16-9-7-15(11-20)8-10-16)13-19(24)21-17-5-3-4-6-18(17)23(25)26/h3-10,14H,12-13H2,1-2H3,(H,21,24). The maximum absolute atomic E-state index is 12.4. The summed E-state index contributed by atoms with van der Waals surface area (Å²) in [5.41, 5.74) is 1.61. The third-order valence-corrected chi connectivity index (χ3v) is 3.92. The van der Waals surface area contributed by atoms with E-state index >= 15 is 0 Å². The molecule has 0 heterocycles. The number of amides is 1. The van der Waals surface area contributed by atoms with E-state index in [4.69, 9.17) is 5.26 Å². The number of nitriles is 1. The summed E-state index contributed by atoms with van der Waals surface area (Å²) in [5.74, 6) is -0.318. The molecule has 1 N–H and O–H groups in total. The maximum atomic E-state index is 12.4. The molecule has 0 atom stereocenters. The van der Waals surface area contributed by atoms with Crippen LogP contribution < -0.4 is 5.32 Å². The fourth-order valence-electron chi connectivity index (χ4n) is 2.45. The molecule has 26 heavy (non-hydrogen) atoms. The minimum Gasteiger partial charge on any atom is -0.319 e. The first kappa shape index (κ1) is 19.1. The molecule has 0 radical (unpaired) electrons. The number of nitrogens with one attached hydrogen (secondary N) is 1. The molecule has 0 aromatic heterocycles. The van der Waals surface area contributed by atoms with Gasteiger partial charge in [-0.2, -0.15) is 5.26 Å². The van der Waals surface area contributed by atoms with Gasteiger partial charge in [-0.25, -0.2) is 0 Å². The Labute approximate surface area is 152 Å². The lowest BCUT2D eigenvalue weighted by Crippen LogP contribution is -2.37. The second-order valence-corrected chi connectivity index (χ2v) is 6.13. The van der Waals surface area contributed by atoms with Gasteiger partial charge in [0.1, 0.15) is 5.69 Å². The topological polar surface area (TPSA) is 99.3 Å². The predicted octanol–water partition coefficient (Wildman–Crippen LogP) is 3.32. The summed E-state index contributed by atoms with van der Waals surface area (Å²) in [7, 11) is 0. The van der Waals surface area contributed by atoms with Crippen molar-refractivity contribution in [1.82, 2.24) is 4.90 Å². The molecule has 7 nitrogen and oxygen atoms in total. The van der Waals surface area contributed by atoms with Crippen LogP contribution >= 0.6 is 0 Å². The van der Waals surface area contributed by atoms with E-state index in [1.807, 2.05) is 30.9 Å². The second kappa shape index (κ2) is 8.74. The molecule has 0 bridgehead atoms. The fourth-order valence-corrected chi connectivity index (χ4v) is 2.45. The average molecular weight is 352 g/mol. The number of anilines is 1. The Bertz CT molecular complexity index is 825. The molecule has 0 unspecified atom stereocenters. The molecule has 2 aromatic rings. The minimum absolute atomic E-state index is 0.0992. The number of nitro groups is 1. The van der Waals surface area contributed by atoms with Gasteiger partial charge in [0.25, 0.3) is 5.69 Å². The van der Waals surface area contributed by atoms with Gasteiger partial charge in [-0.05, 0) is 37.6 Å². The first-order chi connectivity index (χ1) is 12.4. The van der Waals surface area contributed by atoms with Gasteiger partial charge in [0.05, 0.1) is 23.1 Å². The molecule has 0 spiro atoms. The number of para-hydroxylation sites is 2. The number of nitro benzene ring substituents is 1. The normalized spacial score (nSPS) is 10.6. The Kier molecular flexibility index (Phi) is 6.42. The first-order valence-corrected chi connectivity index (χ1v) is 8.17. The fraction of sp³-hybridized carbons (Fsp3) is 0.263. The zero-order chi connectivity index (χ0) is 19.1. The number of hydrogen-bond donors (Lipinski definition) is 1. The van der Waals surface area contributed by atoms with Crippen molar-refractivity contribution in [3.63, 3.8) is 0 Å². The highest BCUT2D eigenvalue weighted by Crippen LogP contribution is 2.23.